The van der Waals surface area contributed by atoms with Gasteiger partial charge in [0.15, 0.2) is 0 Å². The van der Waals surface area contributed by atoms with Gasteiger partial charge < -0.3 is 14.4 Å². The molecule has 1 aromatic rings. The van der Waals surface area contributed by atoms with E-state index in [1.165, 1.54) is 0 Å². The SMILES string of the molecule is CCOc1[c]cc2c(n1)OCCN2C. The standard InChI is InChI=1S/C10H13N2O2/c1-3-13-9-5-4-8-10(11-9)14-7-6-12(8)2/h4H,3,6-7H2,1-2H3. The van der Waals surface area contributed by atoms with Crippen LogP contribution in [0.1, 0.15) is 6.92 Å². The van der Waals surface area contributed by atoms with Gasteiger partial charge in [-0.1, -0.05) is 0 Å². The van der Waals surface area contributed by atoms with Gasteiger partial charge in [-0.2, -0.15) is 4.98 Å². The van der Waals surface area contributed by atoms with Gasteiger partial charge in [-0.15, -0.1) is 0 Å². The van der Waals surface area contributed by atoms with Crippen molar-refractivity contribution in [2.75, 3.05) is 31.7 Å². The van der Waals surface area contributed by atoms with Crippen LogP contribution in [0.5, 0.6) is 11.8 Å². The molecule has 1 aromatic heterocycles. The Kier molecular flexibility index (Phi) is 2.43. The molecule has 0 fully saturated rings. The van der Waals surface area contributed by atoms with E-state index in [4.69, 9.17) is 9.47 Å². The van der Waals surface area contributed by atoms with E-state index in [1.54, 1.807) is 0 Å². The lowest BCUT2D eigenvalue weighted by molar-refractivity contribution is 0.282. The van der Waals surface area contributed by atoms with Gasteiger partial charge >= 0.3 is 0 Å². The zero-order valence-corrected chi connectivity index (χ0v) is 8.41. The van der Waals surface area contributed by atoms with Gasteiger partial charge in [-0.25, -0.2) is 0 Å². The van der Waals surface area contributed by atoms with E-state index in [2.05, 4.69) is 16.0 Å². The number of pyridine rings is 1. The highest BCUT2D eigenvalue weighted by Gasteiger charge is 2.16. The molecule has 0 aromatic carbocycles. The van der Waals surface area contributed by atoms with Crippen LogP contribution in [0.3, 0.4) is 0 Å². The predicted octanol–water partition coefficient (Wildman–Crippen LogP) is 1.11. The third kappa shape index (κ3) is 1.60. The Morgan fingerprint density at radius 1 is 1.71 bits per heavy atom. The fourth-order valence-corrected chi connectivity index (χ4v) is 1.36. The summed E-state index contributed by atoms with van der Waals surface area (Å²) < 4.78 is 10.7. The molecular formula is C10H13N2O2. The van der Waals surface area contributed by atoms with Crippen LogP contribution in [-0.2, 0) is 0 Å². The third-order valence-corrected chi connectivity index (χ3v) is 2.11. The summed E-state index contributed by atoms with van der Waals surface area (Å²) in [5.41, 5.74) is 0.972. The van der Waals surface area contributed by atoms with Gasteiger partial charge in [0.1, 0.15) is 12.3 Å². The van der Waals surface area contributed by atoms with Crippen LogP contribution in [-0.4, -0.2) is 31.8 Å². The monoisotopic (exact) mass is 193 g/mol. The summed E-state index contributed by atoms with van der Waals surface area (Å²) >= 11 is 0. The topological polar surface area (TPSA) is 34.6 Å². The number of anilines is 1. The van der Waals surface area contributed by atoms with Gasteiger partial charge in [0, 0.05) is 7.05 Å². The van der Waals surface area contributed by atoms with Gasteiger partial charge in [0.25, 0.3) is 0 Å². The van der Waals surface area contributed by atoms with Gasteiger partial charge in [-0.05, 0) is 13.0 Å². The van der Waals surface area contributed by atoms with Crippen molar-refractivity contribution in [3.05, 3.63) is 12.1 Å². The van der Waals surface area contributed by atoms with Gasteiger partial charge in [0.05, 0.1) is 19.2 Å². The van der Waals surface area contributed by atoms with Crippen molar-refractivity contribution in [3.63, 3.8) is 0 Å². The molecule has 0 unspecified atom stereocenters. The van der Waals surface area contributed by atoms with Crippen molar-refractivity contribution in [2.24, 2.45) is 0 Å². The number of nitrogens with zero attached hydrogens (tertiary/aromatic N) is 2. The van der Waals surface area contributed by atoms with Crippen LogP contribution >= 0.6 is 0 Å². The molecule has 75 valence electrons. The first kappa shape index (κ1) is 9.12. The van der Waals surface area contributed by atoms with Crippen molar-refractivity contribution >= 4 is 5.69 Å². The van der Waals surface area contributed by atoms with Gasteiger partial charge in [-0.3, -0.25) is 0 Å². The Morgan fingerprint density at radius 3 is 3.36 bits per heavy atom. The highest BCUT2D eigenvalue weighted by molar-refractivity contribution is 5.56. The van der Waals surface area contributed by atoms with E-state index in [1.807, 2.05) is 20.0 Å². The largest absolute Gasteiger partial charge is 0.477 e. The maximum Gasteiger partial charge on any atom is 0.241 e. The highest BCUT2D eigenvalue weighted by Crippen LogP contribution is 2.29. The van der Waals surface area contributed by atoms with Crippen LogP contribution in [0.15, 0.2) is 6.07 Å². The average molecular weight is 193 g/mol. The first-order valence-electron chi connectivity index (χ1n) is 4.70. The van der Waals surface area contributed by atoms with Crippen LogP contribution in [0.4, 0.5) is 5.69 Å². The Bertz CT molecular complexity index is 328. The third-order valence-electron chi connectivity index (χ3n) is 2.11. The summed E-state index contributed by atoms with van der Waals surface area (Å²) in [6, 6.07) is 4.83. The van der Waals surface area contributed by atoms with Crippen LogP contribution in [0.25, 0.3) is 0 Å². The van der Waals surface area contributed by atoms with Crippen molar-refractivity contribution in [3.8, 4) is 11.8 Å². The van der Waals surface area contributed by atoms with E-state index in [-0.39, 0.29) is 0 Å². The molecule has 0 amide bonds. The molecule has 1 radical (unpaired) electrons. The predicted molar refractivity (Wildman–Crippen MR) is 53.0 cm³/mol. The zero-order valence-electron chi connectivity index (χ0n) is 8.41. The number of fused-ring (bicyclic) bond motifs is 1. The summed E-state index contributed by atoms with van der Waals surface area (Å²) in [5, 5.41) is 0. The molecule has 14 heavy (non-hydrogen) atoms. The smallest absolute Gasteiger partial charge is 0.241 e. The quantitative estimate of drug-likeness (QED) is 0.704. The minimum absolute atomic E-state index is 0.501. The summed E-state index contributed by atoms with van der Waals surface area (Å²) in [6.07, 6.45) is 0. The van der Waals surface area contributed by atoms with Crippen LogP contribution in [0, 0.1) is 6.07 Å². The molecule has 0 atom stereocenters. The first-order chi connectivity index (χ1) is 6.81. The molecule has 2 rings (SSSR count). The average Bonchev–Trinajstić information content (AvgIpc) is 2.18. The molecule has 2 heterocycles. The molecule has 0 saturated heterocycles. The fraction of sp³-hybridized carbons (Fsp3) is 0.500. The number of rotatable bonds is 2. The molecule has 0 bridgehead atoms. The van der Waals surface area contributed by atoms with E-state index >= 15 is 0 Å². The second kappa shape index (κ2) is 3.74. The maximum absolute atomic E-state index is 5.43. The second-order valence-electron chi connectivity index (χ2n) is 3.10. The van der Waals surface area contributed by atoms with E-state index in [9.17, 15) is 0 Å². The van der Waals surface area contributed by atoms with E-state index < -0.39 is 0 Å². The van der Waals surface area contributed by atoms with Gasteiger partial charge in [0.2, 0.25) is 11.8 Å². The number of hydrogen-bond donors (Lipinski definition) is 0. The Balaban J connectivity index is 2.29. The lowest BCUT2D eigenvalue weighted by Gasteiger charge is -2.26. The van der Waals surface area contributed by atoms with Crippen molar-refractivity contribution < 1.29 is 9.47 Å². The van der Waals surface area contributed by atoms with Crippen LogP contribution in [0.2, 0.25) is 0 Å². The maximum atomic E-state index is 5.43. The number of hydrogen-bond acceptors (Lipinski definition) is 4. The Hall–Kier alpha value is -1.45. The first-order valence-corrected chi connectivity index (χ1v) is 4.70. The molecule has 4 heteroatoms. The van der Waals surface area contributed by atoms with Crippen molar-refractivity contribution in [1.29, 1.82) is 0 Å². The normalized spacial score (nSPS) is 14.6. The minimum Gasteiger partial charge on any atom is -0.477 e. The summed E-state index contributed by atoms with van der Waals surface area (Å²) in [7, 11) is 2.01. The Morgan fingerprint density at radius 2 is 2.57 bits per heavy atom. The van der Waals surface area contributed by atoms with E-state index in [0.717, 1.165) is 12.2 Å². The fourth-order valence-electron chi connectivity index (χ4n) is 1.36. The van der Waals surface area contributed by atoms with E-state index in [0.29, 0.717) is 25.0 Å². The van der Waals surface area contributed by atoms with Crippen molar-refractivity contribution in [2.45, 2.75) is 6.92 Å². The minimum atomic E-state index is 0.501. The summed E-state index contributed by atoms with van der Waals surface area (Å²) in [4.78, 5) is 6.31. The molecule has 0 saturated carbocycles. The molecule has 4 nitrogen and oxygen atoms in total. The lowest BCUT2D eigenvalue weighted by Crippen LogP contribution is -2.29. The second-order valence-corrected chi connectivity index (χ2v) is 3.10. The highest BCUT2D eigenvalue weighted by atomic mass is 16.5. The molecule has 1 aliphatic rings. The molecule has 0 aliphatic carbocycles. The molecule has 0 spiro atoms. The number of likely N-dealkylation sites (N-methyl/N-ethyl adjacent to an activating group) is 1. The molecule has 0 N–H and O–H groups in total. The van der Waals surface area contributed by atoms with Crippen molar-refractivity contribution in [1.82, 2.24) is 4.98 Å². The lowest BCUT2D eigenvalue weighted by atomic mass is 10.3. The number of ether oxygens (including phenoxy) is 2. The molecular weight excluding hydrogens is 180 g/mol. The summed E-state index contributed by atoms with van der Waals surface area (Å²) in [6.45, 7) is 4.07. The Labute approximate surface area is 83.5 Å². The number of aromatic nitrogens is 1. The van der Waals surface area contributed by atoms with Crippen LogP contribution < -0.4 is 14.4 Å². The molecule has 1 aliphatic heterocycles. The zero-order chi connectivity index (χ0) is 9.97. The summed E-state index contributed by atoms with van der Waals surface area (Å²) in [5.74, 6) is 1.14.